The van der Waals surface area contributed by atoms with Gasteiger partial charge in [-0.1, -0.05) is 20.8 Å². The van der Waals surface area contributed by atoms with Crippen LogP contribution in [0.2, 0.25) is 0 Å². The molecule has 16 atom stereocenters. The molecule has 2 bridgehead atoms. The van der Waals surface area contributed by atoms with Crippen LogP contribution in [-0.2, 0) is 61.8 Å². The van der Waals surface area contributed by atoms with E-state index in [1.165, 1.54) is 27.4 Å². The van der Waals surface area contributed by atoms with Gasteiger partial charge >= 0.3 is 23.9 Å². The standard InChI is InChI=1S/C35H46O15/c1-15(2)10-21(37)48-18-12-19(47-16(3)36)33(28(40)43-7)14-45-22-25(33)32(18)13-46-23(27(39)42-6)24(32)30(4,26(22)38)35-20-11-17(31(35,5)50-35)34(41)8-9-44-29(34)49-20/h8-9,15,17-20,22-26,29,38,41H,10-14H2,1-7H3/t17-,18+,19+,20-,22+,23-,24-,25+,26+,29-,30-,31-,32+,33-,34-,35-/m0/s1. The molecular weight excluding hydrogens is 660 g/mol. The molecule has 15 heteroatoms. The van der Waals surface area contributed by atoms with Crippen LogP contribution in [0, 0.1) is 39.9 Å². The van der Waals surface area contributed by atoms with Gasteiger partial charge in [0.05, 0.1) is 52.0 Å². The van der Waals surface area contributed by atoms with Gasteiger partial charge < -0.3 is 52.8 Å². The van der Waals surface area contributed by atoms with Crippen molar-refractivity contribution in [2.75, 3.05) is 27.4 Å². The summed E-state index contributed by atoms with van der Waals surface area (Å²) in [4.78, 5) is 54.2. The summed E-state index contributed by atoms with van der Waals surface area (Å²) < 4.78 is 54.8. The topological polar surface area (TPSA) is 195 Å². The zero-order valence-corrected chi connectivity index (χ0v) is 29.2. The van der Waals surface area contributed by atoms with Crippen LogP contribution in [0.5, 0.6) is 0 Å². The van der Waals surface area contributed by atoms with Crippen molar-refractivity contribution < 1.29 is 72.0 Å². The van der Waals surface area contributed by atoms with Crippen molar-refractivity contribution in [3.05, 3.63) is 12.3 Å². The lowest BCUT2D eigenvalue weighted by atomic mass is 9.38. The van der Waals surface area contributed by atoms with Crippen LogP contribution in [0.25, 0.3) is 0 Å². The lowest BCUT2D eigenvalue weighted by Gasteiger charge is -2.65. The third-order valence-corrected chi connectivity index (χ3v) is 13.9. The Morgan fingerprint density at radius 2 is 1.72 bits per heavy atom. The summed E-state index contributed by atoms with van der Waals surface area (Å²) in [6, 6.07) is 0. The maximum atomic E-state index is 14.2. The minimum absolute atomic E-state index is 0.0580. The monoisotopic (exact) mass is 706 g/mol. The molecule has 276 valence electrons. The molecule has 5 aliphatic heterocycles. The third-order valence-electron chi connectivity index (χ3n) is 13.9. The molecule has 0 amide bonds. The first-order chi connectivity index (χ1) is 23.5. The highest BCUT2D eigenvalue weighted by atomic mass is 16.7. The summed E-state index contributed by atoms with van der Waals surface area (Å²) in [5.41, 5.74) is -8.52. The number of hydrogen-bond acceptors (Lipinski definition) is 15. The Bertz CT molecular complexity index is 1550. The zero-order chi connectivity index (χ0) is 36.0. The molecule has 5 heterocycles. The van der Waals surface area contributed by atoms with E-state index in [1.54, 1.807) is 13.0 Å². The third kappa shape index (κ3) is 3.71. The van der Waals surface area contributed by atoms with Gasteiger partial charge in [-0.25, -0.2) is 4.79 Å². The number of aliphatic hydroxyl groups excluding tert-OH is 1. The highest BCUT2D eigenvalue weighted by molar-refractivity contribution is 5.81. The molecule has 0 aromatic rings. The predicted molar refractivity (Wildman–Crippen MR) is 163 cm³/mol. The Morgan fingerprint density at radius 1 is 0.980 bits per heavy atom. The van der Waals surface area contributed by atoms with Gasteiger partial charge in [0.25, 0.3) is 0 Å². The molecule has 8 rings (SSSR count). The van der Waals surface area contributed by atoms with Gasteiger partial charge in [-0.15, -0.1) is 0 Å². The number of methoxy groups -OCH3 is 2. The minimum Gasteiger partial charge on any atom is -0.469 e. The van der Waals surface area contributed by atoms with E-state index in [-0.39, 0.29) is 32.0 Å². The number of fused-ring (bicyclic) bond motifs is 7. The minimum atomic E-state index is -1.67. The Hall–Kier alpha value is -2.82. The predicted octanol–water partition coefficient (Wildman–Crippen LogP) is 0.557. The van der Waals surface area contributed by atoms with Gasteiger partial charge in [0, 0.05) is 48.3 Å². The van der Waals surface area contributed by atoms with Crippen molar-refractivity contribution in [2.45, 2.75) is 114 Å². The van der Waals surface area contributed by atoms with Gasteiger partial charge in [0.15, 0.2) is 11.7 Å². The van der Waals surface area contributed by atoms with Crippen molar-refractivity contribution in [1.29, 1.82) is 0 Å². The Morgan fingerprint density at radius 3 is 2.38 bits per heavy atom. The van der Waals surface area contributed by atoms with Crippen molar-refractivity contribution in [2.24, 2.45) is 39.9 Å². The van der Waals surface area contributed by atoms with Crippen LogP contribution >= 0.6 is 0 Å². The van der Waals surface area contributed by atoms with E-state index in [0.29, 0.717) is 6.42 Å². The molecule has 7 fully saturated rings. The number of epoxide rings is 1. The SMILES string of the molecule is COC(=O)[C@H]1OC[C@]23[C@@H]1[C@](C)([C@]14O[C@@]1(C)[C@@H]1C[C@@H]4O[C@@H]4OC=C[C@@]41O)[C@H](O)[C@@H]1OC[C@](C(=O)OC)([C@H](OC(C)=O)C[C@H]2OC(=O)CC(C)C)[C@H]13. The lowest BCUT2D eigenvalue weighted by Crippen LogP contribution is -2.77. The molecule has 4 saturated heterocycles. The number of ether oxygens (including phenoxy) is 9. The number of aliphatic hydroxyl groups is 2. The fraction of sp³-hybridized carbons (Fsp3) is 0.829. The van der Waals surface area contributed by atoms with Gasteiger partial charge in [-0.3, -0.25) is 14.4 Å². The number of carbonyl (C=O) groups excluding carboxylic acids is 4. The molecule has 1 spiro atoms. The fourth-order valence-electron chi connectivity index (χ4n) is 12.3. The lowest BCUT2D eigenvalue weighted by molar-refractivity contribution is -0.296. The van der Waals surface area contributed by atoms with E-state index in [4.69, 9.17) is 42.6 Å². The molecule has 0 unspecified atom stereocenters. The Balaban J connectivity index is 1.36. The van der Waals surface area contributed by atoms with Crippen molar-refractivity contribution in [1.82, 2.24) is 0 Å². The van der Waals surface area contributed by atoms with Gasteiger partial charge in [-0.05, 0) is 25.3 Å². The maximum Gasteiger partial charge on any atom is 0.335 e. The van der Waals surface area contributed by atoms with E-state index in [9.17, 15) is 29.4 Å². The Labute approximate surface area is 289 Å². The number of esters is 4. The van der Waals surface area contributed by atoms with Crippen molar-refractivity contribution >= 4 is 23.9 Å². The first-order valence-electron chi connectivity index (χ1n) is 17.4. The van der Waals surface area contributed by atoms with E-state index in [2.05, 4.69) is 0 Å². The van der Waals surface area contributed by atoms with E-state index in [0.717, 1.165) is 0 Å². The Kier molecular flexibility index (Phi) is 7.29. The molecule has 3 saturated carbocycles. The molecule has 2 N–H and O–H groups in total. The molecular formula is C35H46O15. The normalized spacial score (nSPS) is 53.0. The summed E-state index contributed by atoms with van der Waals surface area (Å²) in [7, 11) is 2.45. The van der Waals surface area contributed by atoms with Gasteiger partial charge in [-0.2, -0.15) is 0 Å². The summed E-state index contributed by atoms with van der Waals surface area (Å²) in [5, 5.41) is 24.8. The molecule has 0 aromatic carbocycles. The average molecular weight is 707 g/mol. The van der Waals surface area contributed by atoms with E-state index in [1.807, 2.05) is 20.8 Å². The van der Waals surface area contributed by atoms with Crippen LogP contribution in [0.15, 0.2) is 12.3 Å². The van der Waals surface area contributed by atoms with Gasteiger partial charge in [0.2, 0.25) is 6.29 Å². The molecule has 50 heavy (non-hydrogen) atoms. The van der Waals surface area contributed by atoms with E-state index >= 15 is 0 Å². The van der Waals surface area contributed by atoms with Crippen LogP contribution < -0.4 is 0 Å². The maximum absolute atomic E-state index is 14.2. The highest BCUT2D eigenvalue weighted by Gasteiger charge is 2.95. The summed E-state index contributed by atoms with van der Waals surface area (Å²) in [6.07, 6.45) is -4.67. The largest absolute Gasteiger partial charge is 0.469 e. The fourth-order valence-corrected chi connectivity index (χ4v) is 12.3. The number of carbonyl (C=O) groups is 4. The zero-order valence-electron chi connectivity index (χ0n) is 29.2. The van der Waals surface area contributed by atoms with Crippen LogP contribution in [0.3, 0.4) is 0 Å². The summed E-state index contributed by atoms with van der Waals surface area (Å²) in [6.45, 7) is 8.13. The molecule has 0 aromatic heterocycles. The van der Waals surface area contributed by atoms with Crippen LogP contribution in [-0.4, -0.2) is 121 Å². The summed E-state index contributed by atoms with van der Waals surface area (Å²) >= 11 is 0. The molecule has 15 nitrogen and oxygen atoms in total. The summed E-state index contributed by atoms with van der Waals surface area (Å²) in [5.74, 6) is -5.32. The second-order valence-corrected chi connectivity index (χ2v) is 16.3. The number of rotatable bonds is 7. The second kappa shape index (κ2) is 10.6. The van der Waals surface area contributed by atoms with Crippen LogP contribution in [0.1, 0.15) is 53.9 Å². The highest BCUT2D eigenvalue weighted by Crippen LogP contribution is 2.82. The molecule has 0 radical (unpaired) electrons. The first kappa shape index (κ1) is 34.3. The quantitative estimate of drug-likeness (QED) is 0.212. The number of hydrogen-bond donors (Lipinski definition) is 2. The van der Waals surface area contributed by atoms with E-state index < -0.39 is 118 Å². The van der Waals surface area contributed by atoms with Crippen molar-refractivity contribution in [3.63, 3.8) is 0 Å². The molecule has 8 aliphatic rings. The smallest absolute Gasteiger partial charge is 0.335 e. The van der Waals surface area contributed by atoms with Crippen molar-refractivity contribution in [3.8, 4) is 0 Å². The second-order valence-electron chi connectivity index (χ2n) is 16.3. The average Bonchev–Trinajstić information content (AvgIpc) is 3.49. The van der Waals surface area contributed by atoms with Crippen LogP contribution in [0.4, 0.5) is 0 Å². The van der Waals surface area contributed by atoms with Gasteiger partial charge in [0.1, 0.15) is 28.8 Å². The first-order valence-corrected chi connectivity index (χ1v) is 17.4. The molecule has 3 aliphatic carbocycles.